The molecule has 0 atom stereocenters. The molecule has 4 heteroatoms. The zero-order chi connectivity index (χ0) is 8.81. The fraction of sp³-hybridized carbons (Fsp3) is 1.00. The first kappa shape index (κ1) is 9.36. The van der Waals surface area contributed by atoms with E-state index in [0.717, 1.165) is 12.6 Å². The molecule has 68 valence electrons. The molecule has 0 bridgehead atoms. The Balaban J connectivity index is 2.17. The monoisotopic (exact) mass is 168 g/mol. The topological polar surface area (TPSA) is 52.0 Å². The van der Waals surface area contributed by atoms with Gasteiger partial charge in [0.15, 0.2) is 0 Å². The van der Waals surface area contributed by atoms with Gasteiger partial charge in [-0.25, -0.2) is 0 Å². The van der Waals surface area contributed by atoms with Crippen molar-refractivity contribution in [2.24, 2.45) is 5.11 Å². The maximum Gasteiger partial charge on any atom is 0.0385 e. The predicted molar refractivity (Wildman–Crippen MR) is 48.9 cm³/mol. The summed E-state index contributed by atoms with van der Waals surface area (Å²) in [6.07, 6.45) is 5.34. The number of rotatable bonds is 4. The summed E-state index contributed by atoms with van der Waals surface area (Å²) in [5.41, 5.74) is 8.08. The zero-order valence-corrected chi connectivity index (χ0v) is 7.61. The van der Waals surface area contributed by atoms with Crippen LogP contribution in [0.15, 0.2) is 5.11 Å². The molecule has 1 aliphatic carbocycles. The van der Waals surface area contributed by atoms with Gasteiger partial charge in [0, 0.05) is 24.0 Å². The van der Waals surface area contributed by atoms with Gasteiger partial charge in [0.1, 0.15) is 0 Å². The minimum absolute atomic E-state index is 0.601. The second kappa shape index (κ2) is 5.01. The molecule has 1 rings (SSSR count). The quantitative estimate of drug-likeness (QED) is 0.360. The van der Waals surface area contributed by atoms with Crippen molar-refractivity contribution in [3.8, 4) is 0 Å². The second-order valence-electron chi connectivity index (χ2n) is 3.37. The Morgan fingerprint density at radius 2 is 2.17 bits per heavy atom. The summed E-state index contributed by atoms with van der Waals surface area (Å²) in [6, 6.07) is 0.735. The average molecular weight is 168 g/mol. The average Bonchev–Trinajstić information content (AvgIpc) is 2.56. The van der Waals surface area contributed by atoms with Gasteiger partial charge in [0.2, 0.25) is 0 Å². The van der Waals surface area contributed by atoms with Crippen LogP contribution in [0.25, 0.3) is 10.4 Å². The summed E-state index contributed by atoms with van der Waals surface area (Å²) in [7, 11) is 2.11. The molecule has 0 heterocycles. The lowest BCUT2D eigenvalue weighted by Crippen LogP contribution is -2.31. The van der Waals surface area contributed by atoms with Crippen LogP contribution in [0.2, 0.25) is 0 Å². The maximum atomic E-state index is 8.08. The number of likely N-dealkylation sites (N-methyl/N-ethyl adjacent to an activating group) is 1. The van der Waals surface area contributed by atoms with Gasteiger partial charge in [-0.1, -0.05) is 18.0 Å². The Morgan fingerprint density at radius 3 is 2.75 bits per heavy atom. The number of nitrogens with zero attached hydrogens (tertiary/aromatic N) is 4. The van der Waals surface area contributed by atoms with Gasteiger partial charge >= 0.3 is 0 Å². The lowest BCUT2D eigenvalue weighted by Gasteiger charge is -2.22. The molecule has 0 aromatic carbocycles. The third kappa shape index (κ3) is 2.72. The highest BCUT2D eigenvalue weighted by molar-refractivity contribution is 4.75. The third-order valence-electron chi connectivity index (χ3n) is 2.56. The molecule has 0 aromatic heterocycles. The highest BCUT2D eigenvalue weighted by Crippen LogP contribution is 2.21. The number of azide groups is 1. The second-order valence-corrected chi connectivity index (χ2v) is 3.37. The predicted octanol–water partition coefficient (Wildman–Crippen LogP) is 2.17. The highest BCUT2D eigenvalue weighted by Gasteiger charge is 2.18. The van der Waals surface area contributed by atoms with Gasteiger partial charge in [-0.2, -0.15) is 0 Å². The van der Waals surface area contributed by atoms with E-state index in [1.807, 2.05) is 0 Å². The molecular weight excluding hydrogens is 152 g/mol. The van der Waals surface area contributed by atoms with Crippen LogP contribution >= 0.6 is 0 Å². The van der Waals surface area contributed by atoms with Crippen LogP contribution in [0.4, 0.5) is 0 Å². The van der Waals surface area contributed by atoms with E-state index in [9.17, 15) is 0 Å². The summed E-state index contributed by atoms with van der Waals surface area (Å²) in [5, 5.41) is 3.52. The molecule has 0 N–H and O–H groups in total. The van der Waals surface area contributed by atoms with Gasteiger partial charge in [-0.15, -0.1) is 0 Å². The summed E-state index contributed by atoms with van der Waals surface area (Å²) in [6.45, 7) is 1.50. The minimum atomic E-state index is 0.601. The van der Waals surface area contributed by atoms with Crippen molar-refractivity contribution in [2.75, 3.05) is 20.1 Å². The molecule has 1 aliphatic rings. The molecule has 0 saturated heterocycles. The van der Waals surface area contributed by atoms with Crippen LogP contribution in [0.3, 0.4) is 0 Å². The van der Waals surface area contributed by atoms with Gasteiger partial charge < -0.3 is 4.90 Å². The fourth-order valence-electron chi connectivity index (χ4n) is 1.77. The van der Waals surface area contributed by atoms with Crippen molar-refractivity contribution in [1.82, 2.24) is 4.90 Å². The van der Waals surface area contributed by atoms with Crippen molar-refractivity contribution in [3.63, 3.8) is 0 Å². The molecule has 0 aromatic rings. The zero-order valence-electron chi connectivity index (χ0n) is 7.61. The third-order valence-corrected chi connectivity index (χ3v) is 2.56. The maximum absolute atomic E-state index is 8.08. The van der Waals surface area contributed by atoms with Gasteiger partial charge in [0.05, 0.1) is 0 Å². The van der Waals surface area contributed by atoms with E-state index in [1.54, 1.807) is 0 Å². The SMILES string of the molecule is CN(CCN=[N+]=[N-])C1CCCC1. The van der Waals surface area contributed by atoms with Crippen molar-refractivity contribution < 1.29 is 0 Å². The minimum Gasteiger partial charge on any atom is -0.303 e. The summed E-state index contributed by atoms with van der Waals surface area (Å²) in [5.74, 6) is 0. The standard InChI is InChI=1S/C8H16N4/c1-12(7-6-10-11-9)8-4-2-3-5-8/h8H,2-7H2,1H3. The Bertz CT molecular complexity index is 168. The first-order valence-electron chi connectivity index (χ1n) is 4.55. The number of hydrogen-bond acceptors (Lipinski definition) is 2. The first-order valence-corrected chi connectivity index (χ1v) is 4.55. The van der Waals surface area contributed by atoms with Gasteiger partial charge in [0.25, 0.3) is 0 Å². The molecule has 0 amide bonds. The van der Waals surface area contributed by atoms with E-state index in [4.69, 9.17) is 5.53 Å². The summed E-state index contributed by atoms with van der Waals surface area (Å²) < 4.78 is 0. The van der Waals surface area contributed by atoms with Crippen molar-refractivity contribution in [3.05, 3.63) is 10.4 Å². The van der Waals surface area contributed by atoms with Crippen molar-refractivity contribution >= 4 is 0 Å². The van der Waals surface area contributed by atoms with E-state index < -0.39 is 0 Å². The van der Waals surface area contributed by atoms with Crippen LogP contribution in [0.5, 0.6) is 0 Å². The molecule has 1 fully saturated rings. The van der Waals surface area contributed by atoms with E-state index in [0.29, 0.717) is 6.54 Å². The Kier molecular flexibility index (Phi) is 3.91. The molecule has 0 aliphatic heterocycles. The Hall–Kier alpha value is -0.730. The van der Waals surface area contributed by atoms with Crippen LogP contribution < -0.4 is 0 Å². The summed E-state index contributed by atoms with van der Waals surface area (Å²) in [4.78, 5) is 5.04. The fourth-order valence-corrected chi connectivity index (χ4v) is 1.77. The molecule has 12 heavy (non-hydrogen) atoms. The van der Waals surface area contributed by atoms with Gasteiger partial charge in [-0.05, 0) is 25.4 Å². The molecule has 1 saturated carbocycles. The smallest absolute Gasteiger partial charge is 0.0385 e. The lowest BCUT2D eigenvalue weighted by molar-refractivity contribution is 0.252. The normalized spacial score (nSPS) is 18.2. The Labute approximate surface area is 73.2 Å². The van der Waals surface area contributed by atoms with Gasteiger partial charge in [-0.3, -0.25) is 0 Å². The lowest BCUT2D eigenvalue weighted by atomic mass is 10.2. The molecular formula is C8H16N4. The molecule has 0 spiro atoms. The number of hydrogen-bond donors (Lipinski definition) is 0. The van der Waals surface area contributed by atoms with Crippen LogP contribution in [0.1, 0.15) is 25.7 Å². The summed E-state index contributed by atoms with van der Waals surface area (Å²) >= 11 is 0. The Morgan fingerprint density at radius 1 is 1.50 bits per heavy atom. The van der Waals surface area contributed by atoms with E-state index >= 15 is 0 Å². The molecule has 0 unspecified atom stereocenters. The van der Waals surface area contributed by atoms with Crippen LogP contribution in [-0.2, 0) is 0 Å². The van der Waals surface area contributed by atoms with Crippen LogP contribution in [-0.4, -0.2) is 31.1 Å². The molecule has 4 nitrogen and oxygen atoms in total. The first-order chi connectivity index (χ1) is 5.84. The van der Waals surface area contributed by atoms with Crippen molar-refractivity contribution in [1.29, 1.82) is 0 Å². The van der Waals surface area contributed by atoms with Crippen molar-refractivity contribution in [2.45, 2.75) is 31.7 Å². The van der Waals surface area contributed by atoms with Crippen LogP contribution in [0, 0.1) is 0 Å². The largest absolute Gasteiger partial charge is 0.303 e. The molecule has 0 radical (unpaired) electrons. The van der Waals surface area contributed by atoms with E-state index in [1.165, 1.54) is 25.7 Å². The van der Waals surface area contributed by atoms with E-state index in [-0.39, 0.29) is 0 Å². The highest BCUT2D eigenvalue weighted by atomic mass is 15.2. The van der Waals surface area contributed by atoms with E-state index in [2.05, 4.69) is 22.0 Å².